The maximum atomic E-state index is 12.7. The fourth-order valence-corrected chi connectivity index (χ4v) is 2.83. The molecule has 1 aliphatic carbocycles. The van der Waals surface area contributed by atoms with Crippen molar-refractivity contribution >= 4 is 5.91 Å². The Bertz CT molecular complexity index is 552. The molecule has 6 heteroatoms. The van der Waals surface area contributed by atoms with E-state index >= 15 is 0 Å². The van der Waals surface area contributed by atoms with Crippen LogP contribution in [0, 0.1) is 0 Å². The maximum absolute atomic E-state index is 12.7. The van der Waals surface area contributed by atoms with Gasteiger partial charge in [-0.3, -0.25) is 4.79 Å². The molecule has 114 valence electrons. The summed E-state index contributed by atoms with van der Waals surface area (Å²) in [6, 6.07) is 5.07. The van der Waals surface area contributed by atoms with Crippen molar-refractivity contribution in [3.05, 3.63) is 34.9 Å². The molecule has 1 saturated carbocycles. The van der Waals surface area contributed by atoms with Crippen LogP contribution in [-0.2, 0) is 13.0 Å². The van der Waals surface area contributed by atoms with E-state index in [1.54, 1.807) is 12.1 Å². The third-order valence-electron chi connectivity index (χ3n) is 3.97. The molecule has 1 aromatic rings. The molecule has 0 radical (unpaired) electrons. The lowest BCUT2D eigenvalue weighted by Gasteiger charge is -2.26. The topological polar surface area (TPSA) is 32.3 Å². The molecule has 1 aromatic carbocycles. The third kappa shape index (κ3) is 3.20. The normalized spacial score (nSPS) is 18.2. The van der Waals surface area contributed by atoms with Crippen LogP contribution < -0.4 is 5.32 Å². The number of carbonyl (C=O) groups excluding carboxylic acids is 1. The Balaban J connectivity index is 1.89. The number of rotatable bonds is 3. The zero-order valence-electron chi connectivity index (χ0n) is 11.5. The zero-order valence-corrected chi connectivity index (χ0v) is 11.5. The van der Waals surface area contributed by atoms with E-state index in [-0.39, 0.29) is 6.04 Å². The van der Waals surface area contributed by atoms with Crippen molar-refractivity contribution in [2.45, 2.75) is 38.0 Å². The predicted molar refractivity (Wildman–Crippen MR) is 72.0 cm³/mol. The molecule has 2 aliphatic rings. The van der Waals surface area contributed by atoms with Crippen LogP contribution in [-0.4, -0.2) is 36.1 Å². The van der Waals surface area contributed by atoms with Crippen molar-refractivity contribution in [3.63, 3.8) is 0 Å². The Morgan fingerprint density at radius 3 is 2.76 bits per heavy atom. The largest absolute Gasteiger partial charge is 0.406 e. The van der Waals surface area contributed by atoms with Crippen LogP contribution in [0.5, 0.6) is 0 Å². The Labute approximate surface area is 121 Å². The molecule has 0 atom stereocenters. The van der Waals surface area contributed by atoms with Gasteiger partial charge in [0.05, 0.1) is 0 Å². The second-order valence-corrected chi connectivity index (χ2v) is 5.65. The number of hydrogen-bond acceptors (Lipinski definition) is 2. The molecule has 1 aliphatic heterocycles. The van der Waals surface area contributed by atoms with E-state index in [2.05, 4.69) is 5.32 Å². The minimum Gasteiger partial charge on any atom is -0.327 e. The smallest absolute Gasteiger partial charge is 0.327 e. The van der Waals surface area contributed by atoms with Crippen molar-refractivity contribution < 1.29 is 18.0 Å². The lowest BCUT2D eigenvalue weighted by atomic mass is 9.94. The average Bonchev–Trinajstić information content (AvgIpc) is 3.27. The van der Waals surface area contributed by atoms with Crippen molar-refractivity contribution in [1.29, 1.82) is 0 Å². The summed E-state index contributed by atoms with van der Waals surface area (Å²) in [4.78, 5) is 13.6. The SMILES string of the molecule is O=C(c1cccc2c1CCNC2)N(CC(F)(F)F)C1CC1. The van der Waals surface area contributed by atoms with E-state index < -0.39 is 18.6 Å². The van der Waals surface area contributed by atoms with Gasteiger partial charge in [0, 0.05) is 18.2 Å². The molecular formula is C15H17F3N2O. The van der Waals surface area contributed by atoms with Crippen LogP contribution in [0.15, 0.2) is 18.2 Å². The number of fused-ring (bicyclic) bond motifs is 1. The third-order valence-corrected chi connectivity index (χ3v) is 3.97. The summed E-state index contributed by atoms with van der Waals surface area (Å²) in [5.74, 6) is -0.478. The first-order valence-electron chi connectivity index (χ1n) is 7.15. The highest BCUT2D eigenvalue weighted by Crippen LogP contribution is 2.32. The Morgan fingerprint density at radius 2 is 2.10 bits per heavy atom. The minimum atomic E-state index is -4.35. The Kier molecular flexibility index (Phi) is 3.65. The van der Waals surface area contributed by atoms with Gasteiger partial charge in [0.2, 0.25) is 0 Å². The van der Waals surface area contributed by atoms with Crippen LogP contribution in [0.4, 0.5) is 13.2 Å². The summed E-state index contributed by atoms with van der Waals surface area (Å²) < 4.78 is 38.1. The van der Waals surface area contributed by atoms with Crippen LogP contribution in [0.1, 0.15) is 34.3 Å². The molecule has 1 amide bonds. The summed E-state index contributed by atoms with van der Waals surface area (Å²) in [5.41, 5.74) is 2.34. The predicted octanol–water partition coefficient (Wildman–Crippen LogP) is 2.50. The van der Waals surface area contributed by atoms with Gasteiger partial charge in [0.1, 0.15) is 6.54 Å². The van der Waals surface area contributed by atoms with Gasteiger partial charge in [-0.05, 0) is 43.0 Å². The highest BCUT2D eigenvalue weighted by molar-refractivity contribution is 5.96. The summed E-state index contributed by atoms with van der Waals surface area (Å²) in [6.07, 6.45) is -2.34. The summed E-state index contributed by atoms with van der Waals surface area (Å²) in [7, 11) is 0. The van der Waals surface area contributed by atoms with Crippen LogP contribution in [0.3, 0.4) is 0 Å². The highest BCUT2D eigenvalue weighted by Gasteiger charge is 2.41. The van der Waals surface area contributed by atoms with E-state index in [1.165, 1.54) is 0 Å². The number of alkyl halides is 3. The minimum absolute atomic E-state index is 0.253. The van der Waals surface area contributed by atoms with Gasteiger partial charge in [-0.1, -0.05) is 12.1 Å². The number of nitrogens with one attached hydrogen (secondary N) is 1. The van der Waals surface area contributed by atoms with E-state index in [0.717, 1.165) is 22.6 Å². The first kappa shape index (κ1) is 14.4. The molecule has 0 bridgehead atoms. The van der Waals surface area contributed by atoms with E-state index in [4.69, 9.17) is 0 Å². The molecule has 3 rings (SSSR count). The molecule has 0 aromatic heterocycles. The quantitative estimate of drug-likeness (QED) is 0.930. The van der Waals surface area contributed by atoms with Gasteiger partial charge >= 0.3 is 6.18 Å². The molecule has 3 nitrogen and oxygen atoms in total. The van der Waals surface area contributed by atoms with Gasteiger partial charge in [0.25, 0.3) is 5.91 Å². The second kappa shape index (κ2) is 5.33. The fraction of sp³-hybridized carbons (Fsp3) is 0.533. The molecule has 0 saturated heterocycles. The van der Waals surface area contributed by atoms with E-state index in [1.807, 2.05) is 6.07 Å². The molecule has 0 spiro atoms. The molecular weight excluding hydrogens is 281 g/mol. The number of carbonyl (C=O) groups is 1. The van der Waals surface area contributed by atoms with Crippen molar-refractivity contribution in [1.82, 2.24) is 10.2 Å². The number of hydrogen-bond donors (Lipinski definition) is 1. The summed E-state index contributed by atoms with van der Waals surface area (Å²) >= 11 is 0. The lowest BCUT2D eigenvalue weighted by molar-refractivity contribution is -0.141. The number of halogens is 3. The van der Waals surface area contributed by atoms with Crippen LogP contribution >= 0.6 is 0 Å². The molecule has 1 N–H and O–H groups in total. The monoisotopic (exact) mass is 298 g/mol. The van der Waals surface area contributed by atoms with E-state index in [9.17, 15) is 18.0 Å². The number of benzene rings is 1. The maximum Gasteiger partial charge on any atom is 0.406 e. The Morgan fingerprint density at radius 1 is 1.33 bits per heavy atom. The molecule has 0 unspecified atom stereocenters. The average molecular weight is 298 g/mol. The molecule has 1 heterocycles. The first-order valence-corrected chi connectivity index (χ1v) is 7.15. The van der Waals surface area contributed by atoms with Gasteiger partial charge in [-0.2, -0.15) is 13.2 Å². The van der Waals surface area contributed by atoms with Gasteiger partial charge in [-0.15, -0.1) is 0 Å². The first-order chi connectivity index (χ1) is 9.96. The summed E-state index contributed by atoms with van der Waals surface area (Å²) in [5, 5.41) is 3.20. The van der Waals surface area contributed by atoms with Gasteiger partial charge in [-0.25, -0.2) is 0 Å². The van der Waals surface area contributed by atoms with Crippen molar-refractivity contribution in [2.24, 2.45) is 0 Å². The number of amides is 1. The van der Waals surface area contributed by atoms with E-state index in [0.29, 0.717) is 31.4 Å². The molecule has 1 fully saturated rings. The lowest BCUT2D eigenvalue weighted by Crippen LogP contribution is -2.41. The highest BCUT2D eigenvalue weighted by atomic mass is 19.4. The Hall–Kier alpha value is -1.56. The summed E-state index contributed by atoms with van der Waals surface area (Å²) in [6.45, 7) is 0.261. The van der Waals surface area contributed by atoms with Crippen molar-refractivity contribution in [3.8, 4) is 0 Å². The standard InChI is InChI=1S/C15H17F3N2O/c16-15(17,18)9-20(11-4-5-11)14(21)13-3-1-2-10-8-19-7-6-12(10)13/h1-3,11,19H,4-9H2. The van der Waals surface area contributed by atoms with Crippen molar-refractivity contribution in [2.75, 3.05) is 13.1 Å². The second-order valence-electron chi connectivity index (χ2n) is 5.65. The van der Waals surface area contributed by atoms with Gasteiger partial charge < -0.3 is 10.2 Å². The molecule has 21 heavy (non-hydrogen) atoms. The van der Waals surface area contributed by atoms with Crippen LogP contribution in [0.25, 0.3) is 0 Å². The number of nitrogens with zero attached hydrogens (tertiary/aromatic N) is 1. The van der Waals surface area contributed by atoms with Crippen LogP contribution in [0.2, 0.25) is 0 Å². The fourth-order valence-electron chi connectivity index (χ4n) is 2.83. The zero-order chi connectivity index (χ0) is 15.0. The van der Waals surface area contributed by atoms with Gasteiger partial charge in [0.15, 0.2) is 0 Å².